The zero-order chi connectivity index (χ0) is 13.9. The van der Waals surface area contributed by atoms with Crippen molar-refractivity contribution in [2.24, 2.45) is 0 Å². The van der Waals surface area contributed by atoms with Crippen molar-refractivity contribution in [3.8, 4) is 0 Å². The molecule has 0 aromatic rings. The molecule has 0 aromatic heterocycles. The molecular weight excluding hydrogens is 284 g/mol. The first-order valence-corrected chi connectivity index (χ1v) is 8.80. The van der Waals surface area contributed by atoms with E-state index in [1.54, 1.807) is 0 Å². The lowest BCUT2D eigenvalue weighted by Gasteiger charge is -2.40. The molecule has 0 bridgehead atoms. The Balaban J connectivity index is 2.54. The average Bonchev–Trinajstić information content (AvgIpc) is 2.27. The van der Waals surface area contributed by atoms with Crippen LogP contribution in [0.2, 0.25) is 0 Å². The summed E-state index contributed by atoms with van der Waals surface area (Å²) in [6.07, 6.45) is -4.59. The first kappa shape index (κ1) is 16.2. The van der Waals surface area contributed by atoms with Crippen LogP contribution in [0.15, 0.2) is 0 Å². The van der Waals surface area contributed by atoms with Gasteiger partial charge in [-0.3, -0.25) is 0 Å². The number of rotatable bonds is 5. The Morgan fingerprint density at radius 3 is 2.17 bits per heavy atom. The van der Waals surface area contributed by atoms with Crippen molar-refractivity contribution in [1.29, 1.82) is 0 Å². The van der Waals surface area contributed by atoms with Gasteiger partial charge in [0, 0.05) is 12.0 Å². The van der Waals surface area contributed by atoms with Crippen LogP contribution in [0.25, 0.3) is 0 Å². The molecule has 0 saturated carbocycles. The molecule has 1 saturated heterocycles. The monoisotopic (exact) mass is 302 g/mol. The van der Waals surface area contributed by atoms with E-state index in [1.165, 1.54) is 0 Å². The maximum Gasteiger partial charge on any atom is 0.198 e. The second-order valence-electron chi connectivity index (χ2n) is 4.18. The first-order chi connectivity index (χ1) is 8.26. The minimum absolute atomic E-state index is 0.194. The molecule has 18 heavy (non-hydrogen) atoms. The highest BCUT2D eigenvalue weighted by molar-refractivity contribution is 8.71. The van der Waals surface area contributed by atoms with Gasteiger partial charge in [-0.25, -0.2) is 8.42 Å². The average molecular weight is 302 g/mol. The van der Waals surface area contributed by atoms with Gasteiger partial charge in [-0.2, -0.15) is 0 Å². The zero-order valence-electron chi connectivity index (χ0n) is 9.84. The molecule has 9 heteroatoms. The Hall–Kier alpha value is 0.1000. The number of ether oxygens (including phenoxy) is 1. The van der Waals surface area contributed by atoms with Crippen LogP contribution in [-0.4, -0.2) is 78.0 Å². The molecule has 1 heterocycles. The Kier molecular flexibility index (Phi) is 5.84. The van der Waals surface area contributed by atoms with Crippen LogP contribution in [0.4, 0.5) is 0 Å². The maximum absolute atomic E-state index is 10.9. The van der Waals surface area contributed by atoms with Gasteiger partial charge >= 0.3 is 0 Å². The highest BCUT2D eigenvalue weighted by atomic mass is 33.1. The third kappa shape index (κ3) is 4.34. The topological polar surface area (TPSA) is 124 Å². The lowest BCUT2D eigenvalue weighted by Crippen LogP contribution is -2.58. The predicted molar refractivity (Wildman–Crippen MR) is 65.7 cm³/mol. The number of aliphatic hydroxyl groups excluding tert-OH is 4. The summed E-state index contributed by atoms with van der Waals surface area (Å²) in [6, 6.07) is 0. The summed E-state index contributed by atoms with van der Waals surface area (Å²) in [7, 11) is -2.45. The fourth-order valence-electron chi connectivity index (χ4n) is 1.73. The largest absolute Gasteiger partial charge is 0.394 e. The van der Waals surface area contributed by atoms with Gasteiger partial charge in [0.25, 0.3) is 0 Å². The number of hydrogen-bond donors (Lipinski definition) is 4. The van der Waals surface area contributed by atoms with Gasteiger partial charge in [0.05, 0.1) is 12.7 Å². The molecule has 108 valence electrons. The van der Waals surface area contributed by atoms with Crippen LogP contribution >= 0.6 is 10.8 Å². The second kappa shape index (κ2) is 6.51. The summed E-state index contributed by atoms with van der Waals surface area (Å²) in [5.41, 5.74) is 0. The summed E-state index contributed by atoms with van der Waals surface area (Å²) in [4.78, 5) is 0. The SMILES string of the molecule is CS(=O)(=O)SCC[C@H]1O[C@H](CO)[C@@H](O)[C@H](O)[C@@H]1O. The molecule has 0 aromatic carbocycles. The molecule has 0 unspecified atom stereocenters. The van der Waals surface area contributed by atoms with E-state index in [0.717, 1.165) is 6.26 Å². The Labute approximate surface area is 109 Å². The molecule has 4 N–H and O–H groups in total. The van der Waals surface area contributed by atoms with E-state index >= 15 is 0 Å². The molecular formula is C9H18O7S2. The Bertz CT molecular complexity index is 356. The molecule has 1 fully saturated rings. The van der Waals surface area contributed by atoms with E-state index in [-0.39, 0.29) is 12.2 Å². The molecule has 1 rings (SSSR count). The summed E-state index contributed by atoms with van der Waals surface area (Å²) in [6.45, 7) is -0.485. The summed E-state index contributed by atoms with van der Waals surface area (Å²) in [5.74, 6) is 0.196. The van der Waals surface area contributed by atoms with Crippen molar-refractivity contribution in [1.82, 2.24) is 0 Å². The molecule has 0 aliphatic carbocycles. The maximum atomic E-state index is 10.9. The number of aliphatic hydroxyl groups is 4. The van der Waals surface area contributed by atoms with E-state index < -0.39 is 46.0 Å². The minimum atomic E-state index is -3.17. The van der Waals surface area contributed by atoms with E-state index in [9.17, 15) is 23.7 Å². The highest BCUT2D eigenvalue weighted by Gasteiger charge is 2.42. The lowest BCUT2D eigenvalue weighted by molar-refractivity contribution is -0.229. The van der Waals surface area contributed by atoms with E-state index in [0.29, 0.717) is 10.8 Å². The number of hydrogen-bond acceptors (Lipinski definition) is 8. The van der Waals surface area contributed by atoms with Crippen molar-refractivity contribution in [3.63, 3.8) is 0 Å². The molecule has 0 amide bonds. The van der Waals surface area contributed by atoms with Crippen LogP contribution in [0.3, 0.4) is 0 Å². The van der Waals surface area contributed by atoms with Crippen molar-refractivity contribution < 1.29 is 33.6 Å². The third-order valence-electron chi connectivity index (χ3n) is 2.69. The van der Waals surface area contributed by atoms with Gasteiger partial charge in [-0.05, 0) is 17.2 Å². The smallest absolute Gasteiger partial charge is 0.198 e. The van der Waals surface area contributed by atoms with Gasteiger partial charge < -0.3 is 25.2 Å². The fourth-order valence-corrected chi connectivity index (χ4v) is 3.56. The quantitative estimate of drug-likeness (QED) is 0.426. The van der Waals surface area contributed by atoms with E-state index in [1.807, 2.05) is 0 Å². The lowest BCUT2D eigenvalue weighted by atomic mass is 9.94. The third-order valence-corrected chi connectivity index (χ3v) is 5.31. The highest BCUT2D eigenvalue weighted by Crippen LogP contribution is 2.25. The van der Waals surface area contributed by atoms with Gasteiger partial charge in [0.15, 0.2) is 8.87 Å². The van der Waals surface area contributed by atoms with Crippen molar-refractivity contribution in [3.05, 3.63) is 0 Å². The first-order valence-electron chi connectivity index (χ1n) is 5.41. The minimum Gasteiger partial charge on any atom is -0.394 e. The van der Waals surface area contributed by atoms with Crippen molar-refractivity contribution >= 4 is 19.7 Å². The standard InChI is InChI=1S/C9H18O7S2/c1-18(14,15)17-3-2-5-7(11)9(13)8(12)6(4-10)16-5/h5-13H,2-4H2,1H3/t5-,6-,7-,8-,9-/m1/s1. The molecule has 5 atom stereocenters. The van der Waals surface area contributed by atoms with Gasteiger partial charge in [-0.1, -0.05) is 0 Å². The summed E-state index contributed by atoms with van der Waals surface area (Å²) < 4.78 is 27.1. The van der Waals surface area contributed by atoms with E-state index in [2.05, 4.69) is 0 Å². The zero-order valence-corrected chi connectivity index (χ0v) is 11.5. The Morgan fingerprint density at radius 2 is 1.67 bits per heavy atom. The normalized spacial score (nSPS) is 37.7. The van der Waals surface area contributed by atoms with Gasteiger partial charge in [0.2, 0.25) is 0 Å². The van der Waals surface area contributed by atoms with Crippen molar-refractivity contribution in [2.75, 3.05) is 18.6 Å². The van der Waals surface area contributed by atoms with Crippen LogP contribution in [0.1, 0.15) is 6.42 Å². The van der Waals surface area contributed by atoms with Crippen LogP contribution in [0.5, 0.6) is 0 Å². The summed E-state index contributed by atoms with van der Waals surface area (Å²) in [5, 5.41) is 37.7. The van der Waals surface area contributed by atoms with Crippen LogP contribution in [-0.2, 0) is 13.6 Å². The molecule has 0 spiro atoms. The second-order valence-corrected chi connectivity index (χ2v) is 8.76. The molecule has 7 nitrogen and oxygen atoms in total. The van der Waals surface area contributed by atoms with Gasteiger partial charge in [-0.15, -0.1) is 0 Å². The van der Waals surface area contributed by atoms with E-state index in [4.69, 9.17) is 9.84 Å². The van der Waals surface area contributed by atoms with Crippen LogP contribution in [0, 0.1) is 0 Å². The Morgan fingerprint density at radius 1 is 1.11 bits per heavy atom. The van der Waals surface area contributed by atoms with Gasteiger partial charge in [0.1, 0.15) is 24.4 Å². The molecule has 1 aliphatic heterocycles. The van der Waals surface area contributed by atoms with Crippen molar-refractivity contribution in [2.45, 2.75) is 36.9 Å². The fraction of sp³-hybridized carbons (Fsp3) is 1.00. The van der Waals surface area contributed by atoms with Crippen LogP contribution < -0.4 is 0 Å². The molecule has 1 aliphatic rings. The molecule has 0 radical (unpaired) electrons. The summed E-state index contributed by atoms with van der Waals surface area (Å²) >= 11 is 0. The predicted octanol–water partition coefficient (Wildman–Crippen LogP) is -2.09.